The number of oxazole rings is 1. The number of benzene rings is 2. The molecular weight excluding hydrogens is 258 g/mol. The zero-order valence-electron chi connectivity index (χ0n) is 10.7. The summed E-state index contributed by atoms with van der Waals surface area (Å²) in [5.41, 5.74) is 2.21. The largest absolute Gasteiger partial charge is 0.478 e. The van der Waals surface area contributed by atoms with Gasteiger partial charge >= 0.3 is 12.0 Å². The third-order valence-corrected chi connectivity index (χ3v) is 2.84. The van der Waals surface area contributed by atoms with Crippen LogP contribution < -0.4 is 4.74 Å². The highest BCUT2D eigenvalue weighted by Gasteiger charge is 2.15. The molecule has 0 unspecified atom stereocenters. The summed E-state index contributed by atoms with van der Waals surface area (Å²) in [5.74, 6) is -0.847. The van der Waals surface area contributed by atoms with Crippen LogP contribution in [0.5, 0.6) is 11.8 Å². The molecule has 100 valence electrons. The molecule has 2 aromatic carbocycles. The molecule has 0 bridgehead atoms. The zero-order chi connectivity index (χ0) is 14.1. The van der Waals surface area contributed by atoms with Crippen LogP contribution in [0.15, 0.2) is 46.9 Å². The summed E-state index contributed by atoms with van der Waals surface area (Å²) < 4.78 is 10.9. The van der Waals surface area contributed by atoms with Gasteiger partial charge in [0.25, 0.3) is 0 Å². The highest BCUT2D eigenvalue weighted by molar-refractivity contribution is 5.91. The summed E-state index contributed by atoms with van der Waals surface area (Å²) in [6, 6.07) is 12.1. The molecule has 5 heteroatoms. The molecule has 0 saturated carbocycles. The standard InChI is InChI=1S/C15H11NO4/c1-9-6-7-10(14(17)18)13(8-9)20-15-16-11-4-2-3-5-12(11)19-15/h2-8H,1H3,(H,17,18). The minimum Gasteiger partial charge on any atom is -0.478 e. The van der Waals surface area contributed by atoms with Crippen LogP contribution in [0.2, 0.25) is 0 Å². The van der Waals surface area contributed by atoms with Crippen LogP contribution in [-0.2, 0) is 0 Å². The lowest BCUT2D eigenvalue weighted by Gasteiger charge is -2.05. The van der Waals surface area contributed by atoms with Gasteiger partial charge in [0.1, 0.15) is 16.8 Å². The van der Waals surface area contributed by atoms with E-state index in [4.69, 9.17) is 14.3 Å². The normalized spacial score (nSPS) is 10.7. The van der Waals surface area contributed by atoms with Gasteiger partial charge in [-0.3, -0.25) is 0 Å². The average Bonchev–Trinajstić information content (AvgIpc) is 2.80. The topological polar surface area (TPSA) is 72.6 Å². The lowest BCUT2D eigenvalue weighted by Crippen LogP contribution is -2.00. The summed E-state index contributed by atoms with van der Waals surface area (Å²) in [6.07, 6.45) is 0.0271. The highest BCUT2D eigenvalue weighted by atomic mass is 16.6. The predicted molar refractivity (Wildman–Crippen MR) is 72.2 cm³/mol. The second kappa shape index (κ2) is 4.70. The van der Waals surface area contributed by atoms with E-state index in [1.807, 2.05) is 19.1 Å². The van der Waals surface area contributed by atoms with Crippen molar-refractivity contribution in [2.24, 2.45) is 0 Å². The lowest BCUT2D eigenvalue weighted by molar-refractivity contribution is 0.0693. The molecule has 0 aliphatic rings. The Bertz CT molecular complexity index is 758. The molecule has 1 heterocycles. The average molecular weight is 269 g/mol. The third kappa shape index (κ3) is 2.21. The molecule has 1 aromatic heterocycles. The maximum Gasteiger partial charge on any atom is 0.400 e. The molecule has 0 fully saturated rings. The Labute approximate surface area is 114 Å². The molecule has 0 aliphatic heterocycles. The number of ether oxygens (including phenoxy) is 1. The lowest BCUT2D eigenvalue weighted by atomic mass is 10.1. The first kappa shape index (κ1) is 12.2. The van der Waals surface area contributed by atoms with E-state index in [2.05, 4.69) is 4.98 Å². The Morgan fingerprint density at radius 3 is 2.80 bits per heavy atom. The molecule has 3 aromatic rings. The number of aromatic carboxylic acids is 1. The van der Waals surface area contributed by atoms with Gasteiger partial charge < -0.3 is 14.3 Å². The van der Waals surface area contributed by atoms with Crippen molar-refractivity contribution in [3.05, 3.63) is 53.6 Å². The maximum atomic E-state index is 11.2. The Hall–Kier alpha value is -2.82. The Balaban J connectivity index is 2.01. The third-order valence-electron chi connectivity index (χ3n) is 2.84. The van der Waals surface area contributed by atoms with Crippen LogP contribution in [-0.4, -0.2) is 16.1 Å². The van der Waals surface area contributed by atoms with Crippen molar-refractivity contribution in [2.45, 2.75) is 6.92 Å². The monoisotopic (exact) mass is 269 g/mol. The van der Waals surface area contributed by atoms with Gasteiger partial charge in [-0.1, -0.05) is 18.2 Å². The van der Waals surface area contributed by atoms with E-state index in [1.165, 1.54) is 6.07 Å². The van der Waals surface area contributed by atoms with E-state index >= 15 is 0 Å². The molecule has 0 spiro atoms. The quantitative estimate of drug-likeness (QED) is 0.786. The van der Waals surface area contributed by atoms with E-state index in [0.717, 1.165) is 5.56 Å². The number of carboxylic acids is 1. The minimum absolute atomic E-state index is 0.0271. The summed E-state index contributed by atoms with van der Waals surface area (Å²) in [4.78, 5) is 15.3. The van der Waals surface area contributed by atoms with Crippen molar-refractivity contribution in [1.82, 2.24) is 4.98 Å². The van der Waals surface area contributed by atoms with Gasteiger partial charge in [0, 0.05) is 0 Å². The first-order valence-electron chi connectivity index (χ1n) is 6.01. The Morgan fingerprint density at radius 2 is 2.05 bits per heavy atom. The first-order valence-corrected chi connectivity index (χ1v) is 6.01. The minimum atomic E-state index is -1.06. The van der Waals surface area contributed by atoms with E-state index in [-0.39, 0.29) is 17.4 Å². The van der Waals surface area contributed by atoms with Crippen LogP contribution in [0.3, 0.4) is 0 Å². The van der Waals surface area contributed by atoms with Gasteiger partial charge in [-0.2, -0.15) is 4.98 Å². The van der Waals surface area contributed by atoms with Crippen molar-refractivity contribution in [2.75, 3.05) is 0 Å². The number of nitrogens with zero attached hydrogens (tertiary/aromatic N) is 1. The van der Waals surface area contributed by atoms with Crippen LogP contribution in [0.4, 0.5) is 0 Å². The fourth-order valence-electron chi connectivity index (χ4n) is 1.88. The van der Waals surface area contributed by atoms with E-state index < -0.39 is 5.97 Å². The van der Waals surface area contributed by atoms with Crippen molar-refractivity contribution in [3.63, 3.8) is 0 Å². The SMILES string of the molecule is Cc1ccc(C(=O)O)c(Oc2nc3ccccc3o2)c1. The van der Waals surface area contributed by atoms with Crippen molar-refractivity contribution < 1.29 is 19.1 Å². The molecule has 0 radical (unpaired) electrons. The molecule has 0 aliphatic carbocycles. The summed E-state index contributed by atoms with van der Waals surface area (Å²) in [7, 11) is 0. The van der Waals surface area contributed by atoms with Crippen LogP contribution in [0, 0.1) is 6.92 Å². The van der Waals surface area contributed by atoms with E-state index in [1.54, 1.807) is 24.3 Å². The Morgan fingerprint density at radius 1 is 1.25 bits per heavy atom. The molecule has 20 heavy (non-hydrogen) atoms. The highest BCUT2D eigenvalue weighted by Crippen LogP contribution is 2.28. The second-order valence-electron chi connectivity index (χ2n) is 4.35. The van der Waals surface area contributed by atoms with Gasteiger partial charge in [0.15, 0.2) is 5.58 Å². The van der Waals surface area contributed by atoms with Crippen molar-refractivity contribution in [3.8, 4) is 11.8 Å². The first-order chi connectivity index (χ1) is 9.63. The summed E-state index contributed by atoms with van der Waals surface area (Å²) >= 11 is 0. The fourth-order valence-corrected chi connectivity index (χ4v) is 1.88. The van der Waals surface area contributed by atoms with Crippen LogP contribution in [0.25, 0.3) is 11.1 Å². The molecular formula is C15H11NO4. The molecule has 3 rings (SSSR count). The number of fused-ring (bicyclic) bond motifs is 1. The second-order valence-corrected chi connectivity index (χ2v) is 4.35. The van der Waals surface area contributed by atoms with E-state index in [0.29, 0.717) is 11.1 Å². The van der Waals surface area contributed by atoms with Crippen LogP contribution in [0.1, 0.15) is 15.9 Å². The van der Waals surface area contributed by atoms with Crippen molar-refractivity contribution in [1.29, 1.82) is 0 Å². The predicted octanol–water partition coefficient (Wildman–Crippen LogP) is 3.63. The molecule has 0 saturated heterocycles. The Kier molecular flexibility index (Phi) is 2.87. The smallest absolute Gasteiger partial charge is 0.400 e. The van der Waals surface area contributed by atoms with Gasteiger partial charge in [-0.25, -0.2) is 4.79 Å². The molecule has 5 nitrogen and oxygen atoms in total. The number of hydrogen-bond acceptors (Lipinski definition) is 4. The number of rotatable bonds is 3. The number of aryl methyl sites for hydroxylation is 1. The zero-order valence-corrected chi connectivity index (χ0v) is 10.7. The number of carboxylic acid groups (broad SMARTS) is 1. The summed E-state index contributed by atoms with van der Waals surface area (Å²) in [5, 5.41) is 9.14. The van der Waals surface area contributed by atoms with Crippen LogP contribution >= 0.6 is 0 Å². The molecule has 0 amide bonds. The van der Waals surface area contributed by atoms with Crippen molar-refractivity contribution >= 4 is 17.1 Å². The van der Waals surface area contributed by atoms with E-state index in [9.17, 15) is 4.79 Å². The maximum absolute atomic E-state index is 11.2. The number of para-hydroxylation sites is 2. The number of aromatic nitrogens is 1. The summed E-state index contributed by atoms with van der Waals surface area (Å²) in [6.45, 7) is 1.85. The fraction of sp³-hybridized carbons (Fsp3) is 0.0667. The van der Waals surface area contributed by atoms with Gasteiger partial charge in [-0.05, 0) is 36.8 Å². The van der Waals surface area contributed by atoms with Gasteiger partial charge in [-0.15, -0.1) is 0 Å². The molecule has 1 N–H and O–H groups in total. The van der Waals surface area contributed by atoms with Gasteiger partial charge in [0.05, 0.1) is 0 Å². The number of hydrogen-bond donors (Lipinski definition) is 1. The number of carbonyl (C=O) groups is 1. The van der Waals surface area contributed by atoms with Gasteiger partial charge in [0.2, 0.25) is 0 Å². The molecule has 0 atom stereocenters.